The highest BCUT2D eigenvalue weighted by atomic mass is 127. The number of halogens is 1. The maximum Gasteiger partial charge on any atom is 0.338 e. The first-order valence-corrected chi connectivity index (χ1v) is 13.0. The van der Waals surface area contributed by atoms with Gasteiger partial charge in [0.05, 0.1) is 11.0 Å². The second kappa shape index (κ2) is 9.40. The average Bonchev–Trinajstić information content (AvgIpc) is 3.24. The van der Waals surface area contributed by atoms with Gasteiger partial charge in [-0.05, 0) is 85.8 Å². The summed E-state index contributed by atoms with van der Waals surface area (Å²) in [4.78, 5) is 13.1. The zero-order valence-corrected chi connectivity index (χ0v) is 21.7. The summed E-state index contributed by atoms with van der Waals surface area (Å²) in [6.45, 7) is 0.248. The fourth-order valence-electron chi connectivity index (χ4n) is 5.43. The van der Waals surface area contributed by atoms with E-state index < -0.39 is 5.41 Å². The number of rotatable bonds is 5. The van der Waals surface area contributed by atoms with Gasteiger partial charge in [-0.2, -0.15) is 0 Å². The number of carbonyl (C=O) groups excluding carboxylic acids is 1. The van der Waals surface area contributed by atoms with E-state index in [1.54, 1.807) is 0 Å². The molecule has 0 fully saturated rings. The molecule has 0 radical (unpaired) electrons. The van der Waals surface area contributed by atoms with Crippen LogP contribution in [0.1, 0.15) is 38.2 Å². The van der Waals surface area contributed by atoms with E-state index in [4.69, 9.17) is 4.74 Å². The molecule has 1 aliphatic carbocycles. The molecule has 0 amide bonds. The highest BCUT2D eigenvalue weighted by Gasteiger charge is 2.46. The van der Waals surface area contributed by atoms with Gasteiger partial charge in [0, 0.05) is 3.57 Å². The van der Waals surface area contributed by atoms with Crippen molar-refractivity contribution in [1.82, 2.24) is 0 Å². The van der Waals surface area contributed by atoms with Gasteiger partial charge in [0.1, 0.15) is 6.61 Å². The molecule has 0 atom stereocenters. The van der Waals surface area contributed by atoms with Crippen LogP contribution in [0.4, 0.5) is 0 Å². The summed E-state index contributed by atoms with van der Waals surface area (Å²) >= 11 is 2.38. The van der Waals surface area contributed by atoms with E-state index in [0.29, 0.717) is 5.56 Å². The van der Waals surface area contributed by atoms with Crippen molar-refractivity contribution in [2.24, 2.45) is 0 Å². The maximum absolute atomic E-state index is 13.1. The highest BCUT2D eigenvalue weighted by Crippen LogP contribution is 2.56. The topological polar surface area (TPSA) is 26.3 Å². The molecular weight excluding hydrogens is 555 g/mol. The third kappa shape index (κ3) is 3.75. The molecule has 0 saturated carbocycles. The first kappa shape index (κ1) is 22.7. The van der Waals surface area contributed by atoms with Crippen LogP contribution in [0.2, 0.25) is 0 Å². The van der Waals surface area contributed by atoms with Crippen molar-refractivity contribution in [2.45, 2.75) is 12.0 Å². The van der Waals surface area contributed by atoms with Gasteiger partial charge in [0.25, 0.3) is 0 Å². The summed E-state index contributed by atoms with van der Waals surface area (Å²) in [7, 11) is 0. The maximum atomic E-state index is 13.1. The second-order valence-electron chi connectivity index (χ2n) is 8.99. The SMILES string of the molecule is O=C(OCc1ccccc1)c1cccc(C2(c3cccc(I)c3)c3ccccc3-c3ccccc32)c1. The largest absolute Gasteiger partial charge is 0.457 e. The van der Waals surface area contributed by atoms with Gasteiger partial charge < -0.3 is 4.74 Å². The van der Waals surface area contributed by atoms with Gasteiger partial charge in [-0.25, -0.2) is 4.79 Å². The molecule has 0 saturated heterocycles. The summed E-state index contributed by atoms with van der Waals surface area (Å²) in [5.41, 5.74) is 8.12. The summed E-state index contributed by atoms with van der Waals surface area (Å²) < 4.78 is 6.86. The molecule has 0 aromatic heterocycles. The van der Waals surface area contributed by atoms with Crippen molar-refractivity contribution in [3.63, 3.8) is 0 Å². The molecule has 36 heavy (non-hydrogen) atoms. The monoisotopic (exact) mass is 578 g/mol. The lowest BCUT2D eigenvalue weighted by molar-refractivity contribution is 0.0472. The van der Waals surface area contributed by atoms with Crippen molar-refractivity contribution in [3.8, 4) is 11.1 Å². The second-order valence-corrected chi connectivity index (χ2v) is 10.2. The molecule has 1 aliphatic rings. The predicted octanol–water partition coefficient (Wildman–Crippen LogP) is 8.01. The van der Waals surface area contributed by atoms with Gasteiger partial charge in [-0.1, -0.05) is 103 Å². The number of hydrogen-bond donors (Lipinski definition) is 0. The number of carbonyl (C=O) groups is 1. The van der Waals surface area contributed by atoms with Crippen LogP contribution in [-0.2, 0) is 16.8 Å². The van der Waals surface area contributed by atoms with Crippen molar-refractivity contribution < 1.29 is 9.53 Å². The average molecular weight is 578 g/mol. The molecular formula is C33H23IO2. The van der Waals surface area contributed by atoms with Gasteiger partial charge in [0.2, 0.25) is 0 Å². The van der Waals surface area contributed by atoms with E-state index in [0.717, 1.165) is 11.1 Å². The van der Waals surface area contributed by atoms with E-state index >= 15 is 0 Å². The number of benzene rings is 5. The molecule has 0 N–H and O–H groups in total. The molecule has 5 aromatic rings. The normalized spacial score (nSPS) is 13.0. The Morgan fingerprint density at radius 3 is 1.89 bits per heavy atom. The summed E-state index contributed by atoms with van der Waals surface area (Å²) in [6.07, 6.45) is 0. The summed E-state index contributed by atoms with van der Waals surface area (Å²) in [6, 6.07) is 43.6. The van der Waals surface area contributed by atoms with Crippen molar-refractivity contribution >= 4 is 28.6 Å². The fourth-order valence-corrected chi connectivity index (χ4v) is 5.97. The fraction of sp³-hybridized carbons (Fsp3) is 0.0606. The summed E-state index contributed by atoms with van der Waals surface area (Å²) in [5, 5.41) is 0. The lowest BCUT2D eigenvalue weighted by atomic mass is 9.67. The highest BCUT2D eigenvalue weighted by molar-refractivity contribution is 14.1. The lowest BCUT2D eigenvalue weighted by Gasteiger charge is -2.34. The first-order valence-electron chi connectivity index (χ1n) is 11.9. The van der Waals surface area contributed by atoms with Gasteiger partial charge in [-0.3, -0.25) is 0 Å². The Bertz CT molecular complexity index is 1530. The number of fused-ring (bicyclic) bond motifs is 3. The predicted molar refractivity (Wildman–Crippen MR) is 152 cm³/mol. The smallest absolute Gasteiger partial charge is 0.338 e. The van der Waals surface area contributed by atoms with Crippen LogP contribution in [0.15, 0.2) is 127 Å². The van der Waals surface area contributed by atoms with Gasteiger partial charge in [0.15, 0.2) is 0 Å². The Morgan fingerprint density at radius 1 is 0.639 bits per heavy atom. The third-order valence-electron chi connectivity index (χ3n) is 6.95. The molecule has 0 spiro atoms. The van der Waals surface area contributed by atoms with Crippen LogP contribution in [0.25, 0.3) is 11.1 Å². The number of hydrogen-bond acceptors (Lipinski definition) is 2. The van der Waals surface area contributed by atoms with E-state index in [1.807, 2.05) is 48.5 Å². The minimum atomic E-state index is -0.538. The van der Waals surface area contributed by atoms with Crippen LogP contribution in [0, 0.1) is 3.57 Å². The van der Waals surface area contributed by atoms with Crippen LogP contribution in [0.5, 0.6) is 0 Å². The van der Waals surface area contributed by atoms with Crippen molar-refractivity contribution in [3.05, 3.63) is 164 Å². The van der Waals surface area contributed by atoms with Crippen LogP contribution >= 0.6 is 22.6 Å². The van der Waals surface area contributed by atoms with Crippen LogP contribution in [0.3, 0.4) is 0 Å². The Hall–Kier alpha value is -3.70. The van der Waals surface area contributed by atoms with E-state index in [1.165, 1.54) is 31.4 Å². The van der Waals surface area contributed by atoms with Crippen molar-refractivity contribution in [2.75, 3.05) is 0 Å². The molecule has 0 aliphatic heterocycles. The van der Waals surface area contributed by atoms with E-state index in [-0.39, 0.29) is 12.6 Å². The Kier molecular flexibility index (Phi) is 5.94. The molecule has 174 valence electrons. The van der Waals surface area contributed by atoms with Crippen LogP contribution in [-0.4, -0.2) is 5.97 Å². The zero-order valence-electron chi connectivity index (χ0n) is 19.5. The van der Waals surface area contributed by atoms with Gasteiger partial charge in [-0.15, -0.1) is 0 Å². The Balaban J connectivity index is 1.52. The van der Waals surface area contributed by atoms with Gasteiger partial charge >= 0.3 is 5.97 Å². The third-order valence-corrected chi connectivity index (χ3v) is 7.62. The zero-order chi connectivity index (χ0) is 24.5. The minimum absolute atomic E-state index is 0.248. The number of ether oxygens (including phenoxy) is 1. The Morgan fingerprint density at radius 2 is 1.22 bits per heavy atom. The summed E-state index contributed by atoms with van der Waals surface area (Å²) in [5.74, 6) is -0.321. The molecule has 5 aromatic carbocycles. The lowest BCUT2D eigenvalue weighted by Crippen LogP contribution is -2.29. The van der Waals surface area contributed by atoms with E-state index in [2.05, 4.69) is 101 Å². The first-order chi connectivity index (χ1) is 17.7. The quantitative estimate of drug-likeness (QED) is 0.153. The van der Waals surface area contributed by atoms with Crippen LogP contribution < -0.4 is 0 Å². The molecule has 0 bridgehead atoms. The molecule has 2 nitrogen and oxygen atoms in total. The number of esters is 1. The minimum Gasteiger partial charge on any atom is -0.457 e. The molecule has 3 heteroatoms. The van der Waals surface area contributed by atoms with E-state index in [9.17, 15) is 4.79 Å². The molecule has 6 rings (SSSR count). The molecule has 0 unspecified atom stereocenters. The standard InChI is InChI=1S/C33H23IO2/c34-27-15-9-14-26(21-27)33(30-18-6-4-16-28(30)29-17-5-7-19-31(29)33)25-13-8-12-24(20-25)32(35)36-22-23-10-2-1-3-11-23/h1-21H,22H2. The molecule has 0 heterocycles. The van der Waals surface area contributed by atoms with Crippen molar-refractivity contribution in [1.29, 1.82) is 0 Å². The Labute approximate surface area is 224 Å².